The highest BCUT2D eigenvalue weighted by Gasteiger charge is 2.33. The van der Waals surface area contributed by atoms with E-state index in [2.05, 4.69) is 5.32 Å². The molecule has 4 N–H and O–H groups in total. The summed E-state index contributed by atoms with van der Waals surface area (Å²) in [6, 6.07) is 6.89. The second kappa shape index (κ2) is 8.69. The Kier molecular flexibility index (Phi) is 6.61. The average Bonchev–Trinajstić information content (AvgIpc) is 2.59. The van der Waals surface area contributed by atoms with Crippen LogP contribution in [-0.2, 0) is 4.79 Å². The third-order valence-corrected chi connectivity index (χ3v) is 3.99. The van der Waals surface area contributed by atoms with Gasteiger partial charge in [-0.1, -0.05) is 25.2 Å². The van der Waals surface area contributed by atoms with Gasteiger partial charge in [-0.2, -0.15) is 0 Å². The van der Waals surface area contributed by atoms with Crippen molar-refractivity contribution in [2.45, 2.75) is 32.0 Å². The van der Waals surface area contributed by atoms with Gasteiger partial charge in [-0.25, -0.2) is 0 Å². The number of allylic oxidation sites excluding steroid dienone is 2. The molecule has 136 valence electrons. The summed E-state index contributed by atoms with van der Waals surface area (Å²) in [6.45, 7) is 4.25. The Morgan fingerprint density at radius 3 is 2.52 bits per heavy atom. The summed E-state index contributed by atoms with van der Waals surface area (Å²) in [5, 5.41) is 14.0. The van der Waals surface area contributed by atoms with Gasteiger partial charge >= 0.3 is 0 Å². The van der Waals surface area contributed by atoms with Crippen LogP contribution in [0, 0.1) is 5.92 Å². The lowest BCUT2D eigenvalue weighted by atomic mass is 9.88. The van der Waals surface area contributed by atoms with E-state index >= 15 is 0 Å². The van der Waals surface area contributed by atoms with Crippen molar-refractivity contribution in [3.63, 3.8) is 0 Å². The minimum Gasteiger partial charge on any atom is -0.492 e. The lowest BCUT2D eigenvalue weighted by Gasteiger charge is -2.36. The molecular weight excluding hydrogens is 320 g/mol. The molecule has 3 atom stereocenters. The van der Waals surface area contributed by atoms with Crippen molar-refractivity contribution < 1.29 is 19.4 Å². The summed E-state index contributed by atoms with van der Waals surface area (Å²) in [5.74, 6) is 0.742. The second-order valence-corrected chi connectivity index (χ2v) is 6.17. The van der Waals surface area contributed by atoms with E-state index < -0.39 is 11.6 Å². The first-order valence-corrected chi connectivity index (χ1v) is 8.43. The van der Waals surface area contributed by atoms with E-state index in [9.17, 15) is 9.90 Å². The summed E-state index contributed by atoms with van der Waals surface area (Å²) in [5.41, 5.74) is 3.98. The molecule has 1 aliphatic carbocycles. The molecule has 0 spiro atoms. The third-order valence-electron chi connectivity index (χ3n) is 3.99. The first-order valence-electron chi connectivity index (χ1n) is 8.43. The van der Waals surface area contributed by atoms with Gasteiger partial charge in [0.2, 0.25) is 0 Å². The van der Waals surface area contributed by atoms with Crippen molar-refractivity contribution in [2.75, 3.05) is 13.2 Å². The van der Waals surface area contributed by atoms with Gasteiger partial charge in [0.15, 0.2) is 6.61 Å². The lowest BCUT2D eigenvalue weighted by Crippen LogP contribution is -2.54. The Bertz CT molecular complexity index is 627. The van der Waals surface area contributed by atoms with Gasteiger partial charge in [0, 0.05) is 12.0 Å². The minimum atomic E-state index is -1.06. The molecule has 0 fully saturated rings. The van der Waals surface area contributed by atoms with Crippen LogP contribution in [0.15, 0.2) is 48.6 Å². The first kappa shape index (κ1) is 19.0. The van der Waals surface area contributed by atoms with Crippen molar-refractivity contribution in [1.82, 2.24) is 5.32 Å². The SMILES string of the molecule is CC[C@@H]1C=CC=CC1(O)N[C@H](C)COc1ccc(OCC(N)=O)cc1. The van der Waals surface area contributed by atoms with Gasteiger partial charge in [-0.05, 0) is 43.7 Å². The van der Waals surface area contributed by atoms with Crippen molar-refractivity contribution in [2.24, 2.45) is 11.7 Å². The van der Waals surface area contributed by atoms with Gasteiger partial charge in [0.25, 0.3) is 5.91 Å². The maximum Gasteiger partial charge on any atom is 0.255 e. The zero-order chi connectivity index (χ0) is 18.3. The molecule has 0 radical (unpaired) electrons. The molecule has 0 aliphatic heterocycles. The Labute approximate surface area is 148 Å². The summed E-state index contributed by atoms with van der Waals surface area (Å²) < 4.78 is 10.9. The molecule has 1 aromatic carbocycles. The molecule has 25 heavy (non-hydrogen) atoms. The predicted octanol–water partition coefficient (Wildman–Crippen LogP) is 1.75. The van der Waals surface area contributed by atoms with Crippen LogP contribution in [0.3, 0.4) is 0 Å². The number of ether oxygens (including phenoxy) is 2. The molecule has 0 bridgehead atoms. The molecule has 6 heteroatoms. The first-order chi connectivity index (χ1) is 11.9. The quantitative estimate of drug-likeness (QED) is 0.592. The minimum absolute atomic E-state index is 0.0293. The fourth-order valence-corrected chi connectivity index (χ4v) is 2.72. The lowest BCUT2D eigenvalue weighted by molar-refractivity contribution is -0.119. The standard InChI is InChI=1S/C19H26N2O4/c1-3-15-6-4-5-11-19(15,23)21-14(2)12-24-16-7-9-17(10-8-16)25-13-18(20)22/h4-11,14-15,21,23H,3,12-13H2,1-2H3,(H2,20,22)/t14-,15-,19?/m1/s1. The highest BCUT2D eigenvalue weighted by molar-refractivity contribution is 5.75. The van der Waals surface area contributed by atoms with Crippen LogP contribution in [-0.4, -0.2) is 36.0 Å². The van der Waals surface area contributed by atoms with E-state index in [1.165, 1.54) is 0 Å². The fraction of sp³-hybridized carbons (Fsp3) is 0.421. The molecular formula is C19H26N2O4. The van der Waals surface area contributed by atoms with Crippen LogP contribution in [0.4, 0.5) is 0 Å². The van der Waals surface area contributed by atoms with Crippen LogP contribution >= 0.6 is 0 Å². The fourth-order valence-electron chi connectivity index (χ4n) is 2.72. The van der Waals surface area contributed by atoms with E-state index in [1.54, 1.807) is 30.3 Å². The molecule has 1 amide bonds. The van der Waals surface area contributed by atoms with Crippen LogP contribution in [0.1, 0.15) is 20.3 Å². The molecule has 1 aliphatic rings. The number of benzene rings is 1. The summed E-state index contributed by atoms with van der Waals surface area (Å²) in [6.07, 6.45) is 8.42. The van der Waals surface area contributed by atoms with Gasteiger partial charge in [0.1, 0.15) is 23.8 Å². The van der Waals surface area contributed by atoms with Gasteiger partial charge in [-0.15, -0.1) is 0 Å². The molecule has 1 aromatic rings. The van der Waals surface area contributed by atoms with Crippen molar-refractivity contribution in [1.29, 1.82) is 0 Å². The monoisotopic (exact) mass is 346 g/mol. The van der Waals surface area contributed by atoms with Gasteiger partial charge < -0.3 is 20.3 Å². The Morgan fingerprint density at radius 2 is 1.92 bits per heavy atom. The number of amides is 1. The number of nitrogens with two attached hydrogens (primary N) is 1. The van der Waals surface area contributed by atoms with E-state index in [1.807, 2.05) is 32.1 Å². The molecule has 0 saturated heterocycles. The number of hydrogen-bond donors (Lipinski definition) is 3. The predicted molar refractivity (Wildman–Crippen MR) is 96.2 cm³/mol. The molecule has 0 saturated carbocycles. The number of carbonyl (C=O) groups excluding carboxylic acids is 1. The Morgan fingerprint density at radius 1 is 1.28 bits per heavy atom. The molecule has 0 aromatic heterocycles. The Balaban J connectivity index is 1.83. The number of primary amides is 1. The number of nitrogens with one attached hydrogen (secondary N) is 1. The zero-order valence-electron chi connectivity index (χ0n) is 14.6. The molecule has 2 rings (SSSR count). The normalized spacial score (nSPS) is 23.2. The number of carbonyl (C=O) groups is 1. The van der Waals surface area contributed by atoms with Crippen molar-refractivity contribution in [3.05, 3.63) is 48.6 Å². The number of hydrogen-bond acceptors (Lipinski definition) is 5. The smallest absolute Gasteiger partial charge is 0.255 e. The molecule has 0 heterocycles. The zero-order valence-corrected chi connectivity index (χ0v) is 14.6. The summed E-state index contributed by atoms with van der Waals surface area (Å²) in [4.78, 5) is 10.7. The van der Waals surface area contributed by atoms with Gasteiger partial charge in [-0.3, -0.25) is 10.1 Å². The number of aliphatic hydroxyl groups is 1. The van der Waals surface area contributed by atoms with E-state index in [-0.39, 0.29) is 18.6 Å². The molecule has 6 nitrogen and oxygen atoms in total. The highest BCUT2D eigenvalue weighted by Crippen LogP contribution is 2.25. The average molecular weight is 346 g/mol. The van der Waals surface area contributed by atoms with Crippen LogP contribution < -0.4 is 20.5 Å². The summed E-state index contributed by atoms with van der Waals surface area (Å²) in [7, 11) is 0. The second-order valence-electron chi connectivity index (χ2n) is 6.17. The van der Waals surface area contributed by atoms with Crippen LogP contribution in [0.5, 0.6) is 11.5 Å². The van der Waals surface area contributed by atoms with E-state index in [0.717, 1.165) is 6.42 Å². The summed E-state index contributed by atoms with van der Waals surface area (Å²) >= 11 is 0. The Hall–Kier alpha value is -2.31. The highest BCUT2D eigenvalue weighted by atomic mass is 16.5. The maximum atomic E-state index is 10.8. The van der Waals surface area contributed by atoms with Crippen LogP contribution in [0.2, 0.25) is 0 Å². The third kappa shape index (κ3) is 5.62. The van der Waals surface area contributed by atoms with Gasteiger partial charge in [0.05, 0.1) is 0 Å². The maximum absolute atomic E-state index is 10.8. The van der Waals surface area contributed by atoms with Crippen LogP contribution in [0.25, 0.3) is 0 Å². The molecule has 1 unspecified atom stereocenters. The van der Waals surface area contributed by atoms with Crippen molar-refractivity contribution in [3.8, 4) is 11.5 Å². The van der Waals surface area contributed by atoms with E-state index in [4.69, 9.17) is 15.2 Å². The van der Waals surface area contributed by atoms with E-state index in [0.29, 0.717) is 18.1 Å². The topological polar surface area (TPSA) is 93.8 Å². The van der Waals surface area contributed by atoms with Crippen molar-refractivity contribution >= 4 is 5.91 Å². The number of rotatable bonds is 9. The largest absolute Gasteiger partial charge is 0.492 e.